The standard InChI is InChI=1S/C18H21BrClN3O3/c1-18(2,3)26-17(25)23-6-4-22(5-7-23)15-10-16(24)21-14-9-12(19)13(20)8-11(14)15/h8-10H,4-7H2,1-3H3,(H,21,24). The molecule has 2 heterocycles. The Bertz CT molecular complexity index is 899. The van der Waals surface area contributed by atoms with E-state index in [1.807, 2.05) is 26.8 Å². The summed E-state index contributed by atoms with van der Waals surface area (Å²) in [7, 11) is 0. The van der Waals surface area contributed by atoms with Gasteiger partial charge in [0.2, 0.25) is 5.56 Å². The molecule has 2 aromatic rings. The molecule has 0 bridgehead atoms. The summed E-state index contributed by atoms with van der Waals surface area (Å²) in [6.45, 7) is 7.86. The maximum atomic E-state index is 12.2. The minimum Gasteiger partial charge on any atom is -0.444 e. The summed E-state index contributed by atoms with van der Waals surface area (Å²) in [5.74, 6) is 0. The highest BCUT2D eigenvalue weighted by Crippen LogP contribution is 2.32. The number of halogens is 2. The van der Waals surface area contributed by atoms with Gasteiger partial charge in [0.05, 0.1) is 16.2 Å². The van der Waals surface area contributed by atoms with Crippen LogP contribution >= 0.6 is 27.5 Å². The first-order chi connectivity index (χ1) is 12.1. The Labute approximate surface area is 165 Å². The number of carbonyl (C=O) groups excluding carboxylic acids is 1. The Kier molecular flexibility index (Phi) is 5.21. The number of amides is 1. The molecule has 1 aromatic heterocycles. The van der Waals surface area contributed by atoms with Gasteiger partial charge in [0, 0.05) is 42.1 Å². The highest BCUT2D eigenvalue weighted by atomic mass is 79.9. The Morgan fingerprint density at radius 2 is 1.85 bits per heavy atom. The van der Waals surface area contributed by atoms with Crippen molar-refractivity contribution in [2.24, 2.45) is 0 Å². The van der Waals surface area contributed by atoms with Crippen molar-refractivity contribution < 1.29 is 9.53 Å². The molecule has 0 aliphatic carbocycles. The van der Waals surface area contributed by atoms with E-state index >= 15 is 0 Å². The molecule has 3 rings (SSSR count). The number of benzene rings is 1. The fourth-order valence-corrected chi connectivity index (χ4v) is 3.46. The summed E-state index contributed by atoms with van der Waals surface area (Å²) < 4.78 is 6.16. The summed E-state index contributed by atoms with van der Waals surface area (Å²) in [6.07, 6.45) is -0.306. The molecule has 1 fully saturated rings. The summed E-state index contributed by atoms with van der Waals surface area (Å²) in [4.78, 5) is 30.9. The minimum atomic E-state index is -0.513. The van der Waals surface area contributed by atoms with E-state index in [0.29, 0.717) is 31.2 Å². The van der Waals surface area contributed by atoms with Crippen molar-refractivity contribution in [2.75, 3.05) is 31.1 Å². The number of anilines is 1. The summed E-state index contributed by atoms with van der Waals surface area (Å²) in [5, 5.41) is 1.46. The van der Waals surface area contributed by atoms with Gasteiger partial charge >= 0.3 is 6.09 Å². The second kappa shape index (κ2) is 7.12. The second-order valence-electron chi connectivity index (χ2n) is 7.29. The first kappa shape index (κ1) is 19.0. The van der Waals surface area contributed by atoms with Gasteiger partial charge in [-0.3, -0.25) is 4.79 Å². The van der Waals surface area contributed by atoms with Gasteiger partial charge in [0.1, 0.15) is 5.60 Å². The van der Waals surface area contributed by atoms with Crippen LogP contribution in [0.2, 0.25) is 5.02 Å². The molecule has 26 heavy (non-hydrogen) atoms. The second-order valence-corrected chi connectivity index (χ2v) is 8.55. The minimum absolute atomic E-state index is 0.170. The molecule has 0 radical (unpaired) electrons. The molecule has 1 aliphatic heterocycles. The van der Waals surface area contributed by atoms with E-state index < -0.39 is 5.60 Å². The van der Waals surface area contributed by atoms with Gasteiger partial charge in [0.25, 0.3) is 0 Å². The molecule has 1 aromatic carbocycles. The maximum absolute atomic E-state index is 12.2. The molecule has 140 valence electrons. The van der Waals surface area contributed by atoms with Crippen molar-refractivity contribution in [1.29, 1.82) is 0 Å². The molecule has 0 spiro atoms. The van der Waals surface area contributed by atoms with Gasteiger partial charge in [-0.25, -0.2) is 4.79 Å². The summed E-state index contributed by atoms with van der Waals surface area (Å²) in [5.41, 5.74) is 0.859. The summed E-state index contributed by atoms with van der Waals surface area (Å²) >= 11 is 9.62. The molecule has 1 amide bonds. The number of pyridine rings is 1. The van der Waals surface area contributed by atoms with Crippen molar-refractivity contribution >= 4 is 50.2 Å². The topological polar surface area (TPSA) is 65.6 Å². The van der Waals surface area contributed by atoms with Crippen LogP contribution in [0.1, 0.15) is 20.8 Å². The lowest BCUT2D eigenvalue weighted by atomic mass is 10.1. The van der Waals surface area contributed by atoms with E-state index in [2.05, 4.69) is 25.8 Å². The first-order valence-corrected chi connectivity index (χ1v) is 9.56. The van der Waals surface area contributed by atoms with E-state index in [1.54, 1.807) is 17.0 Å². The number of nitrogens with zero attached hydrogens (tertiary/aromatic N) is 2. The zero-order chi connectivity index (χ0) is 19.1. The van der Waals surface area contributed by atoms with E-state index in [1.165, 1.54) is 0 Å². The Hall–Kier alpha value is -1.73. The number of piperazine rings is 1. The van der Waals surface area contributed by atoms with Crippen LogP contribution < -0.4 is 10.5 Å². The Morgan fingerprint density at radius 1 is 1.19 bits per heavy atom. The van der Waals surface area contributed by atoms with Gasteiger partial charge in [-0.05, 0) is 48.8 Å². The quantitative estimate of drug-likeness (QED) is 0.725. The van der Waals surface area contributed by atoms with Crippen LogP contribution in [0, 0.1) is 0 Å². The van der Waals surface area contributed by atoms with Crippen LogP contribution in [0.5, 0.6) is 0 Å². The van der Waals surface area contributed by atoms with E-state index in [-0.39, 0.29) is 11.7 Å². The van der Waals surface area contributed by atoms with Crippen molar-refractivity contribution in [2.45, 2.75) is 26.4 Å². The van der Waals surface area contributed by atoms with Crippen molar-refractivity contribution in [3.63, 3.8) is 0 Å². The third kappa shape index (κ3) is 4.15. The average molecular weight is 443 g/mol. The number of aromatic amines is 1. The van der Waals surface area contributed by atoms with Gasteiger partial charge < -0.3 is 19.5 Å². The molecule has 1 N–H and O–H groups in total. The molecular weight excluding hydrogens is 422 g/mol. The number of carbonyl (C=O) groups is 1. The predicted octanol–water partition coefficient (Wildman–Crippen LogP) is 4.00. The number of fused-ring (bicyclic) bond motifs is 1. The van der Waals surface area contributed by atoms with E-state index in [0.717, 1.165) is 21.1 Å². The number of rotatable bonds is 1. The van der Waals surface area contributed by atoms with Crippen molar-refractivity contribution in [1.82, 2.24) is 9.88 Å². The van der Waals surface area contributed by atoms with Crippen LogP contribution in [0.4, 0.5) is 10.5 Å². The Balaban J connectivity index is 1.83. The fourth-order valence-electron chi connectivity index (χ4n) is 2.95. The van der Waals surface area contributed by atoms with Crippen molar-refractivity contribution in [3.8, 4) is 0 Å². The lowest BCUT2D eigenvalue weighted by molar-refractivity contribution is 0.0240. The third-order valence-corrected chi connectivity index (χ3v) is 5.33. The van der Waals surface area contributed by atoms with Gasteiger partial charge in [0.15, 0.2) is 0 Å². The fraction of sp³-hybridized carbons (Fsp3) is 0.444. The Morgan fingerprint density at radius 3 is 2.46 bits per heavy atom. The highest BCUT2D eigenvalue weighted by molar-refractivity contribution is 9.10. The molecule has 6 nitrogen and oxygen atoms in total. The molecule has 1 saturated heterocycles. The molecule has 1 aliphatic rings. The monoisotopic (exact) mass is 441 g/mol. The van der Waals surface area contributed by atoms with E-state index in [4.69, 9.17) is 16.3 Å². The molecule has 0 saturated carbocycles. The third-order valence-electron chi connectivity index (χ3n) is 4.13. The predicted molar refractivity (Wildman–Crippen MR) is 107 cm³/mol. The number of aromatic nitrogens is 1. The number of H-pyrrole nitrogens is 1. The lowest BCUT2D eigenvalue weighted by Crippen LogP contribution is -2.50. The first-order valence-electron chi connectivity index (χ1n) is 8.39. The SMILES string of the molecule is CC(C)(C)OC(=O)N1CCN(c2cc(=O)[nH]c3cc(Br)c(Cl)cc23)CC1. The largest absolute Gasteiger partial charge is 0.444 e. The molecule has 0 atom stereocenters. The smallest absolute Gasteiger partial charge is 0.410 e. The van der Waals surface area contributed by atoms with Crippen LogP contribution in [-0.2, 0) is 4.74 Å². The average Bonchev–Trinajstić information content (AvgIpc) is 2.54. The van der Waals surface area contributed by atoms with Crippen LogP contribution in [0.25, 0.3) is 10.9 Å². The normalized spacial score (nSPS) is 15.4. The zero-order valence-electron chi connectivity index (χ0n) is 14.9. The number of ether oxygens (including phenoxy) is 1. The summed E-state index contributed by atoms with van der Waals surface area (Å²) in [6, 6.07) is 5.22. The van der Waals surface area contributed by atoms with E-state index in [9.17, 15) is 9.59 Å². The number of hydrogen-bond acceptors (Lipinski definition) is 4. The van der Waals surface area contributed by atoms with Crippen molar-refractivity contribution in [3.05, 3.63) is 38.0 Å². The lowest BCUT2D eigenvalue weighted by Gasteiger charge is -2.37. The van der Waals surface area contributed by atoms with Crippen LogP contribution in [0.3, 0.4) is 0 Å². The highest BCUT2D eigenvalue weighted by Gasteiger charge is 2.26. The molecule has 8 heteroatoms. The molecule has 0 unspecified atom stereocenters. The van der Waals surface area contributed by atoms with Crippen LogP contribution in [0.15, 0.2) is 27.5 Å². The molecular formula is C18H21BrClN3O3. The number of hydrogen-bond donors (Lipinski definition) is 1. The van der Waals surface area contributed by atoms with Gasteiger partial charge in [-0.2, -0.15) is 0 Å². The van der Waals surface area contributed by atoms with Gasteiger partial charge in [-0.1, -0.05) is 11.6 Å². The van der Waals surface area contributed by atoms with Crippen LogP contribution in [-0.4, -0.2) is 47.8 Å². The van der Waals surface area contributed by atoms with Gasteiger partial charge in [-0.15, -0.1) is 0 Å². The number of nitrogens with one attached hydrogen (secondary N) is 1. The zero-order valence-corrected chi connectivity index (χ0v) is 17.3. The maximum Gasteiger partial charge on any atom is 0.410 e.